The third kappa shape index (κ3) is 4.94. The SMILES string of the molecule is C=C(C)C(C)N(C)Cc1cc(CCN2CCOCC2)c2cc(-c3n[nH]c4cc(-c5cn[nH]c5)sc34)[nH]c2c1. The van der Waals surface area contributed by atoms with Crippen LogP contribution in [0.4, 0.5) is 0 Å². The first-order chi connectivity index (χ1) is 18.5. The van der Waals surface area contributed by atoms with Crippen LogP contribution in [0.15, 0.2) is 48.8 Å². The highest BCUT2D eigenvalue weighted by atomic mass is 32.1. The molecule has 1 aliphatic rings. The van der Waals surface area contributed by atoms with Crippen LogP contribution in [-0.2, 0) is 17.7 Å². The first-order valence-electron chi connectivity index (χ1n) is 13.2. The van der Waals surface area contributed by atoms with Crippen LogP contribution < -0.4 is 0 Å². The van der Waals surface area contributed by atoms with Crippen LogP contribution in [-0.4, -0.2) is 81.1 Å². The first-order valence-corrected chi connectivity index (χ1v) is 14.1. The summed E-state index contributed by atoms with van der Waals surface area (Å²) < 4.78 is 6.71. The Kier molecular flexibility index (Phi) is 6.92. The van der Waals surface area contributed by atoms with E-state index in [1.165, 1.54) is 27.0 Å². The first kappa shape index (κ1) is 25.1. The van der Waals surface area contributed by atoms with Gasteiger partial charge in [0.2, 0.25) is 0 Å². The predicted octanol–water partition coefficient (Wildman–Crippen LogP) is 5.43. The molecule has 1 saturated heterocycles. The molecule has 3 N–H and O–H groups in total. The maximum Gasteiger partial charge on any atom is 0.126 e. The van der Waals surface area contributed by atoms with Crippen LogP contribution in [0.25, 0.3) is 42.9 Å². The van der Waals surface area contributed by atoms with Gasteiger partial charge in [-0.3, -0.25) is 20.0 Å². The van der Waals surface area contributed by atoms with Crippen LogP contribution in [0.2, 0.25) is 0 Å². The number of H-pyrrole nitrogens is 3. The largest absolute Gasteiger partial charge is 0.379 e. The predicted molar refractivity (Wildman–Crippen MR) is 156 cm³/mol. The van der Waals surface area contributed by atoms with Crippen molar-refractivity contribution >= 4 is 32.5 Å². The monoisotopic (exact) mass is 529 g/mol. The lowest BCUT2D eigenvalue weighted by atomic mass is 10.0. The molecule has 0 radical (unpaired) electrons. The molecule has 198 valence electrons. The zero-order valence-electron chi connectivity index (χ0n) is 22.3. The van der Waals surface area contributed by atoms with Crippen molar-refractivity contribution in [2.75, 3.05) is 39.9 Å². The summed E-state index contributed by atoms with van der Waals surface area (Å²) in [4.78, 5) is 9.75. The molecule has 9 heteroatoms. The molecule has 8 nitrogen and oxygen atoms in total. The highest BCUT2D eigenvalue weighted by Crippen LogP contribution is 2.38. The second-order valence-corrected chi connectivity index (χ2v) is 11.5. The summed E-state index contributed by atoms with van der Waals surface area (Å²) in [7, 11) is 2.17. The van der Waals surface area contributed by atoms with Crippen LogP contribution in [0.1, 0.15) is 25.0 Å². The Bertz CT molecular complexity index is 1550. The summed E-state index contributed by atoms with van der Waals surface area (Å²) in [6, 6.07) is 9.44. The molecule has 1 aliphatic heterocycles. The summed E-state index contributed by atoms with van der Waals surface area (Å²) in [6.07, 6.45) is 4.78. The number of benzene rings is 1. The van der Waals surface area contributed by atoms with Crippen molar-refractivity contribution in [2.45, 2.75) is 32.9 Å². The second kappa shape index (κ2) is 10.5. The zero-order valence-corrected chi connectivity index (χ0v) is 23.1. The quantitative estimate of drug-likeness (QED) is 0.222. The molecule has 1 fully saturated rings. The molecule has 5 heterocycles. The van der Waals surface area contributed by atoms with Gasteiger partial charge in [-0.2, -0.15) is 10.2 Å². The number of thiophene rings is 1. The van der Waals surface area contributed by atoms with Gasteiger partial charge >= 0.3 is 0 Å². The van der Waals surface area contributed by atoms with Gasteiger partial charge in [-0.1, -0.05) is 18.2 Å². The van der Waals surface area contributed by atoms with E-state index < -0.39 is 0 Å². The number of nitrogens with one attached hydrogen (secondary N) is 3. The Balaban J connectivity index is 1.36. The molecule has 0 bridgehead atoms. The van der Waals surface area contributed by atoms with Crippen molar-refractivity contribution in [3.8, 4) is 21.8 Å². The number of fused-ring (bicyclic) bond motifs is 2. The number of rotatable bonds is 9. The Labute approximate surface area is 226 Å². The minimum absolute atomic E-state index is 0.322. The van der Waals surface area contributed by atoms with Gasteiger partial charge in [0.1, 0.15) is 5.69 Å². The van der Waals surface area contributed by atoms with Crippen molar-refractivity contribution in [1.29, 1.82) is 0 Å². The molecule has 1 unspecified atom stereocenters. The minimum Gasteiger partial charge on any atom is -0.379 e. The molecule has 38 heavy (non-hydrogen) atoms. The summed E-state index contributed by atoms with van der Waals surface area (Å²) in [6.45, 7) is 14.0. The van der Waals surface area contributed by atoms with Gasteiger partial charge in [-0.15, -0.1) is 11.3 Å². The number of aromatic nitrogens is 5. The van der Waals surface area contributed by atoms with E-state index >= 15 is 0 Å². The normalized spacial score (nSPS) is 15.7. The Morgan fingerprint density at radius 2 is 2.05 bits per heavy atom. The van der Waals surface area contributed by atoms with Crippen molar-refractivity contribution in [1.82, 2.24) is 35.2 Å². The van der Waals surface area contributed by atoms with Gasteiger partial charge in [0.05, 0.1) is 35.3 Å². The lowest BCUT2D eigenvalue weighted by Crippen LogP contribution is -2.37. The summed E-state index contributed by atoms with van der Waals surface area (Å²) in [5, 5.41) is 16.2. The van der Waals surface area contributed by atoms with Crippen LogP contribution >= 0.6 is 11.3 Å². The number of morpholine rings is 1. The number of hydrogen-bond acceptors (Lipinski definition) is 6. The zero-order chi connectivity index (χ0) is 26.2. The van der Waals surface area contributed by atoms with Gasteiger partial charge < -0.3 is 9.72 Å². The topological polar surface area (TPSA) is 88.9 Å². The van der Waals surface area contributed by atoms with Crippen molar-refractivity contribution in [3.63, 3.8) is 0 Å². The lowest BCUT2D eigenvalue weighted by molar-refractivity contribution is 0.0385. The van der Waals surface area contributed by atoms with E-state index in [1.807, 2.05) is 12.4 Å². The molecule has 6 rings (SSSR count). The van der Waals surface area contributed by atoms with Crippen LogP contribution in [0, 0.1) is 0 Å². The molecule has 0 saturated carbocycles. The average molecular weight is 530 g/mol. The molecule has 4 aromatic heterocycles. The lowest BCUT2D eigenvalue weighted by Gasteiger charge is -2.27. The second-order valence-electron chi connectivity index (χ2n) is 10.5. The number of hydrogen-bond donors (Lipinski definition) is 3. The number of nitrogens with zero attached hydrogens (tertiary/aromatic N) is 4. The molecular weight excluding hydrogens is 494 g/mol. The molecular formula is C29H35N7OS. The van der Waals surface area contributed by atoms with E-state index in [0.29, 0.717) is 6.04 Å². The van der Waals surface area contributed by atoms with Gasteiger partial charge in [-0.25, -0.2) is 0 Å². The summed E-state index contributed by atoms with van der Waals surface area (Å²) in [5.74, 6) is 0. The fourth-order valence-electron chi connectivity index (χ4n) is 5.24. The molecule has 0 aliphatic carbocycles. The Morgan fingerprint density at radius 1 is 1.21 bits per heavy atom. The van der Waals surface area contributed by atoms with Crippen molar-refractivity contribution < 1.29 is 4.74 Å². The minimum atomic E-state index is 0.322. The van der Waals surface area contributed by atoms with E-state index in [0.717, 1.165) is 78.5 Å². The maximum absolute atomic E-state index is 5.56. The molecule has 5 aromatic rings. The van der Waals surface area contributed by atoms with Gasteiger partial charge in [0.15, 0.2) is 0 Å². The van der Waals surface area contributed by atoms with Gasteiger partial charge in [0.25, 0.3) is 0 Å². The van der Waals surface area contributed by atoms with Crippen molar-refractivity contribution in [2.24, 2.45) is 0 Å². The number of ether oxygens (including phenoxy) is 1. The standard InChI is InChI=1S/C29H35N7OS/c1-18(2)19(3)35(4)17-20-11-21(5-6-36-7-9-37-10-8-36)23-13-25(32-24(23)12-20)28-29-26(33-34-28)14-27(38-29)22-15-30-31-16-22/h11-16,19,32H,1,5-10,17H2,2-4H3,(H,30,31)(H,33,34). The molecule has 1 aromatic carbocycles. The third-order valence-corrected chi connectivity index (χ3v) is 8.95. The van der Waals surface area contributed by atoms with Gasteiger partial charge in [0, 0.05) is 59.8 Å². The maximum atomic E-state index is 5.56. The van der Waals surface area contributed by atoms with E-state index in [9.17, 15) is 0 Å². The average Bonchev–Trinajstić information content (AvgIpc) is 3.70. The van der Waals surface area contributed by atoms with Crippen LogP contribution in [0.5, 0.6) is 0 Å². The van der Waals surface area contributed by atoms with E-state index in [2.05, 4.69) is 81.8 Å². The molecule has 1 atom stereocenters. The highest BCUT2D eigenvalue weighted by molar-refractivity contribution is 7.22. The Hall–Kier alpha value is -3.24. The van der Waals surface area contributed by atoms with Crippen molar-refractivity contribution in [3.05, 3.63) is 59.9 Å². The van der Waals surface area contributed by atoms with E-state index in [1.54, 1.807) is 11.3 Å². The third-order valence-electron chi connectivity index (χ3n) is 7.76. The fourth-order valence-corrected chi connectivity index (χ4v) is 6.33. The number of likely N-dealkylation sites (N-methyl/N-ethyl adjacent to an activating group) is 1. The van der Waals surface area contributed by atoms with E-state index in [-0.39, 0.29) is 0 Å². The fraction of sp³-hybridized carbons (Fsp3) is 0.379. The smallest absolute Gasteiger partial charge is 0.126 e. The summed E-state index contributed by atoms with van der Waals surface area (Å²) >= 11 is 1.74. The number of aromatic amines is 3. The summed E-state index contributed by atoms with van der Waals surface area (Å²) in [5.41, 5.74) is 9.16. The molecule has 0 amide bonds. The molecule has 0 spiro atoms. The van der Waals surface area contributed by atoms with Gasteiger partial charge in [-0.05, 0) is 56.6 Å². The highest BCUT2D eigenvalue weighted by Gasteiger charge is 2.19. The Morgan fingerprint density at radius 3 is 2.82 bits per heavy atom. The van der Waals surface area contributed by atoms with Crippen LogP contribution in [0.3, 0.4) is 0 Å². The van der Waals surface area contributed by atoms with E-state index in [4.69, 9.17) is 9.84 Å².